The van der Waals surface area contributed by atoms with Gasteiger partial charge in [0, 0.05) is 12.2 Å². The van der Waals surface area contributed by atoms with Crippen molar-refractivity contribution in [3.63, 3.8) is 0 Å². The quantitative estimate of drug-likeness (QED) is 0.293. The highest BCUT2D eigenvalue weighted by Crippen LogP contribution is 2.38. The summed E-state index contributed by atoms with van der Waals surface area (Å²) in [7, 11) is 1.18. The lowest BCUT2D eigenvalue weighted by atomic mass is 9.83. The Kier molecular flexibility index (Phi) is 4.20. The summed E-state index contributed by atoms with van der Waals surface area (Å²) in [6.07, 6.45) is -4.49. The molecular weight excluding hydrogens is 310 g/mol. The molecule has 10 nitrogen and oxygen atoms in total. The van der Waals surface area contributed by atoms with Crippen LogP contribution in [0, 0.1) is 5.41 Å². The second-order valence-corrected chi connectivity index (χ2v) is 5.70. The normalized spacial score (nSPS) is 29.4. The Balaban J connectivity index is 2.43. The van der Waals surface area contributed by atoms with E-state index in [1.807, 2.05) is 0 Å². The number of carbonyl (C=O) groups excluding carboxylic acids is 1. The zero-order valence-electron chi connectivity index (χ0n) is 13.8. The van der Waals surface area contributed by atoms with Crippen LogP contribution in [0.4, 0.5) is 0 Å². The van der Waals surface area contributed by atoms with Gasteiger partial charge in [-0.25, -0.2) is 4.79 Å². The number of carbonyl (C=O) groups is 1. The number of esters is 1. The minimum Gasteiger partial charge on any atom is -0.469 e. The lowest BCUT2D eigenvalue weighted by Crippen LogP contribution is -2.45. The minimum absolute atomic E-state index is 0.335. The monoisotopic (exact) mass is 330 g/mol. The van der Waals surface area contributed by atoms with Crippen LogP contribution in [0.3, 0.4) is 0 Å². The second-order valence-electron chi connectivity index (χ2n) is 5.70. The number of nitrogens with one attached hydrogen (secondary N) is 1. The molecule has 1 saturated heterocycles. The summed E-state index contributed by atoms with van der Waals surface area (Å²) in [4.78, 5) is 26.0. The first kappa shape index (κ1) is 15.7. The van der Waals surface area contributed by atoms with Crippen molar-refractivity contribution in [2.45, 2.75) is 38.4 Å². The summed E-state index contributed by atoms with van der Waals surface area (Å²) >= 11 is 0. The first-order chi connectivity index (χ1) is 11.1. The van der Waals surface area contributed by atoms with Gasteiger partial charge in [0.25, 0.3) is 0 Å². The third-order valence-electron chi connectivity index (χ3n) is 3.84. The van der Waals surface area contributed by atoms with Crippen LogP contribution >= 0.6 is 0 Å². The van der Waals surface area contributed by atoms with Crippen LogP contribution in [0.25, 0.3) is 0 Å². The van der Waals surface area contributed by atoms with E-state index in [1.165, 1.54) is 21.0 Å². The molecule has 1 aliphatic rings. The van der Waals surface area contributed by atoms with Gasteiger partial charge in [0.1, 0.15) is 18.3 Å². The van der Waals surface area contributed by atoms with Gasteiger partial charge in [-0.3, -0.25) is 14.3 Å². The number of hydrogen-bond donors (Lipinski definition) is 4. The number of H-pyrrole nitrogens is 1. The molecule has 0 radical (unpaired) electrons. The molecule has 0 amide bonds. The van der Waals surface area contributed by atoms with Gasteiger partial charge in [0.15, 0.2) is 11.7 Å². The Morgan fingerprint density at radius 1 is 1.52 bits per heavy atom. The van der Waals surface area contributed by atoms with E-state index in [0.717, 1.165) is 10.8 Å². The number of ether oxygens (including phenoxy) is 2. The molecule has 1 aromatic heterocycles. The molecule has 128 valence electrons. The van der Waals surface area contributed by atoms with E-state index in [-0.39, 0.29) is 11.5 Å². The Morgan fingerprint density at radius 3 is 2.74 bits per heavy atom. The highest BCUT2D eigenvalue weighted by molar-refractivity contribution is 5.76. The number of rotatable bonds is 3. The summed E-state index contributed by atoms with van der Waals surface area (Å²) in [5, 5.41) is 31.9. The first-order valence-corrected chi connectivity index (χ1v) is 6.75. The summed E-state index contributed by atoms with van der Waals surface area (Å²) < 4.78 is 18.7. The van der Waals surface area contributed by atoms with E-state index >= 15 is 0 Å². The third-order valence-corrected chi connectivity index (χ3v) is 3.84. The van der Waals surface area contributed by atoms with Crippen LogP contribution in [-0.2, 0) is 14.3 Å². The average Bonchev–Trinajstić information content (AvgIpc) is 2.84. The molecule has 0 saturated carbocycles. The standard InChI is InChI=1S/C13H19N3O7/c1-13(2,11(19)22-3)9-7(17)8(18)10(23-9)16-5-4-6(15-21)14-12(16)20/h4-5,7-10,17-18,21H,1-3H3,(H,14,15,20)/t7-,8+,9-,10+/m0/s1/i4D. The van der Waals surface area contributed by atoms with Crippen molar-refractivity contribution in [2.75, 3.05) is 7.11 Å². The van der Waals surface area contributed by atoms with E-state index in [2.05, 4.69) is 14.9 Å². The number of aliphatic hydroxyl groups excluding tert-OH is 2. The Hall–Kier alpha value is -2.17. The lowest BCUT2D eigenvalue weighted by molar-refractivity contribution is -0.165. The molecule has 2 heterocycles. The van der Waals surface area contributed by atoms with E-state index in [9.17, 15) is 19.8 Å². The zero-order chi connectivity index (χ0) is 18.2. The van der Waals surface area contributed by atoms with Gasteiger partial charge in [0.05, 0.1) is 13.9 Å². The molecule has 1 fully saturated rings. The molecule has 23 heavy (non-hydrogen) atoms. The largest absolute Gasteiger partial charge is 0.469 e. The minimum atomic E-state index is -1.53. The fourth-order valence-corrected chi connectivity index (χ4v) is 2.50. The summed E-state index contributed by atoms with van der Waals surface area (Å²) in [6.45, 7) is 2.95. The van der Waals surface area contributed by atoms with Crippen molar-refractivity contribution < 1.29 is 31.1 Å². The second kappa shape index (κ2) is 6.14. The number of aromatic nitrogens is 2. The molecular formula is C13H19N3O7. The lowest BCUT2D eigenvalue weighted by Gasteiger charge is -2.30. The van der Waals surface area contributed by atoms with Crippen molar-refractivity contribution in [1.29, 1.82) is 0 Å². The Labute approximate surface area is 132 Å². The number of hydrogen-bond acceptors (Lipinski definition) is 8. The molecule has 2 rings (SSSR count). The summed E-state index contributed by atoms with van der Waals surface area (Å²) in [5.74, 6) is -0.658. The smallest absolute Gasteiger partial charge is 0.329 e. The van der Waals surface area contributed by atoms with Crippen LogP contribution in [0.5, 0.6) is 0 Å². The molecule has 1 aromatic rings. The third kappa shape index (κ3) is 2.87. The van der Waals surface area contributed by atoms with Crippen LogP contribution in [-0.4, -0.2) is 56.4 Å². The van der Waals surface area contributed by atoms with E-state index in [1.54, 1.807) is 0 Å². The van der Waals surface area contributed by atoms with Crippen LogP contribution in [0.2, 0.25) is 0 Å². The number of aliphatic hydroxyl groups is 2. The number of methoxy groups -OCH3 is 1. The molecule has 0 bridgehead atoms. The van der Waals surface area contributed by atoms with Gasteiger partial charge in [-0.15, -0.1) is 0 Å². The predicted molar refractivity (Wildman–Crippen MR) is 74.1 cm³/mol. The fourth-order valence-electron chi connectivity index (χ4n) is 2.50. The van der Waals surface area contributed by atoms with E-state index < -0.39 is 41.6 Å². The topological polar surface area (TPSA) is 146 Å². The van der Waals surface area contributed by atoms with E-state index in [0.29, 0.717) is 0 Å². The first-order valence-electron chi connectivity index (χ1n) is 7.25. The van der Waals surface area contributed by atoms with Gasteiger partial charge in [0.2, 0.25) is 0 Å². The maximum Gasteiger partial charge on any atom is 0.329 e. The molecule has 1 aliphatic heterocycles. The number of aromatic amines is 1. The van der Waals surface area contributed by atoms with Gasteiger partial charge >= 0.3 is 11.7 Å². The molecule has 0 aromatic carbocycles. The van der Waals surface area contributed by atoms with Crippen LogP contribution < -0.4 is 11.2 Å². The molecule has 0 aliphatic carbocycles. The Bertz CT molecular complexity index is 757. The zero-order valence-corrected chi connectivity index (χ0v) is 12.8. The SMILES string of the molecule is [2H]c1cn([C@@H]2O[C@H](C(C)(C)C(=O)OC)[C@@H](O)[C@H]2O)c(=O)[nH]c1=NO. The van der Waals surface area contributed by atoms with Crippen molar-refractivity contribution in [1.82, 2.24) is 9.55 Å². The summed E-state index contributed by atoms with van der Waals surface area (Å²) in [5.41, 5.74) is -2.48. The van der Waals surface area contributed by atoms with Crippen molar-refractivity contribution in [2.24, 2.45) is 10.6 Å². The average molecular weight is 330 g/mol. The summed E-state index contributed by atoms with van der Waals surface area (Å²) in [6, 6.07) is -0.335. The van der Waals surface area contributed by atoms with Gasteiger partial charge < -0.3 is 24.9 Å². The number of nitrogens with zero attached hydrogens (tertiary/aromatic N) is 2. The van der Waals surface area contributed by atoms with E-state index in [4.69, 9.17) is 11.3 Å². The van der Waals surface area contributed by atoms with Crippen LogP contribution in [0.1, 0.15) is 21.4 Å². The van der Waals surface area contributed by atoms with Crippen molar-refractivity contribution in [3.8, 4) is 0 Å². The molecule has 0 unspecified atom stereocenters. The molecule has 4 atom stereocenters. The highest BCUT2D eigenvalue weighted by Gasteiger charge is 2.53. The van der Waals surface area contributed by atoms with Gasteiger partial charge in [-0.2, -0.15) is 0 Å². The highest BCUT2D eigenvalue weighted by atomic mass is 16.6. The van der Waals surface area contributed by atoms with Crippen molar-refractivity contribution >= 4 is 5.97 Å². The van der Waals surface area contributed by atoms with Crippen LogP contribution in [0.15, 0.2) is 22.2 Å². The molecule has 4 N–H and O–H groups in total. The molecule has 10 heteroatoms. The van der Waals surface area contributed by atoms with Crippen molar-refractivity contribution in [3.05, 3.63) is 28.2 Å². The predicted octanol–water partition coefficient (Wildman–Crippen LogP) is -1.72. The molecule has 0 spiro atoms. The maximum atomic E-state index is 12.0. The fraction of sp³-hybridized carbons (Fsp3) is 0.615. The maximum absolute atomic E-state index is 12.0. The van der Waals surface area contributed by atoms with Gasteiger partial charge in [-0.05, 0) is 13.8 Å². The Morgan fingerprint density at radius 2 is 2.17 bits per heavy atom. The van der Waals surface area contributed by atoms with Gasteiger partial charge in [-0.1, -0.05) is 5.16 Å².